The van der Waals surface area contributed by atoms with Gasteiger partial charge in [0.2, 0.25) is 0 Å². The van der Waals surface area contributed by atoms with Gasteiger partial charge in [0.15, 0.2) is 0 Å². The number of piperidine rings is 1. The summed E-state index contributed by atoms with van der Waals surface area (Å²) in [5.41, 5.74) is 0.862. The number of aromatic carboxylic acids is 1. The van der Waals surface area contributed by atoms with Crippen molar-refractivity contribution < 1.29 is 9.90 Å². The van der Waals surface area contributed by atoms with E-state index in [2.05, 4.69) is 16.0 Å². The van der Waals surface area contributed by atoms with Crippen LogP contribution in [-0.2, 0) is 6.42 Å². The molecule has 2 N–H and O–H groups in total. The molecule has 0 unspecified atom stereocenters. The Morgan fingerprint density at radius 2 is 2.04 bits per heavy atom. The van der Waals surface area contributed by atoms with E-state index < -0.39 is 11.5 Å². The molecule has 0 saturated carbocycles. The third-order valence-electron chi connectivity index (χ3n) is 4.24. The lowest BCUT2D eigenvalue weighted by molar-refractivity contribution is 0.0695. The molecule has 2 aromatic heterocycles. The second-order valence-corrected chi connectivity index (χ2v) is 6.82. The number of hydrogen-bond acceptors (Lipinski definition) is 4. The summed E-state index contributed by atoms with van der Waals surface area (Å²) in [6.07, 6.45) is 4.40. The van der Waals surface area contributed by atoms with Gasteiger partial charge in [-0.05, 0) is 49.4 Å². The number of thiophene rings is 1. The Balaban J connectivity index is 1.98. The molecule has 23 heavy (non-hydrogen) atoms. The molecule has 122 valence electrons. The van der Waals surface area contributed by atoms with Crippen LogP contribution in [0.5, 0.6) is 0 Å². The fourth-order valence-corrected chi connectivity index (χ4v) is 4.07. The van der Waals surface area contributed by atoms with E-state index in [0.717, 1.165) is 29.2 Å². The van der Waals surface area contributed by atoms with Gasteiger partial charge in [-0.25, -0.2) is 4.79 Å². The van der Waals surface area contributed by atoms with Gasteiger partial charge in [0.1, 0.15) is 5.56 Å². The summed E-state index contributed by atoms with van der Waals surface area (Å²) < 4.78 is 0. The summed E-state index contributed by atoms with van der Waals surface area (Å²) in [5.74, 6) is -1.19. The van der Waals surface area contributed by atoms with E-state index >= 15 is 0 Å². The minimum absolute atomic E-state index is 0.196. The van der Waals surface area contributed by atoms with Crippen molar-refractivity contribution in [3.05, 3.63) is 39.7 Å². The van der Waals surface area contributed by atoms with Gasteiger partial charge < -0.3 is 15.0 Å². The van der Waals surface area contributed by atoms with E-state index in [0.29, 0.717) is 6.42 Å². The number of pyridine rings is 1. The summed E-state index contributed by atoms with van der Waals surface area (Å²) >= 11 is 1.65. The van der Waals surface area contributed by atoms with Crippen LogP contribution in [0.2, 0.25) is 0 Å². The maximum Gasteiger partial charge on any atom is 0.341 e. The van der Waals surface area contributed by atoms with Crippen molar-refractivity contribution in [1.82, 2.24) is 4.98 Å². The highest BCUT2D eigenvalue weighted by atomic mass is 32.1. The lowest BCUT2D eigenvalue weighted by Crippen LogP contribution is -2.28. The Kier molecular flexibility index (Phi) is 4.52. The number of rotatable bonds is 4. The van der Waals surface area contributed by atoms with Crippen molar-refractivity contribution in [2.24, 2.45) is 0 Å². The van der Waals surface area contributed by atoms with E-state index in [1.165, 1.54) is 30.3 Å². The van der Waals surface area contributed by atoms with Crippen molar-refractivity contribution >= 4 is 22.3 Å². The predicted octanol–water partition coefficient (Wildman–Crippen LogP) is 3.35. The van der Waals surface area contributed by atoms with E-state index in [1.807, 2.05) is 13.0 Å². The van der Waals surface area contributed by atoms with Gasteiger partial charge in [0.05, 0.1) is 15.6 Å². The molecular formula is C17H20N2O3S. The summed E-state index contributed by atoms with van der Waals surface area (Å²) in [6.45, 7) is 4.12. The summed E-state index contributed by atoms with van der Waals surface area (Å²) in [4.78, 5) is 29.2. The van der Waals surface area contributed by atoms with Crippen LogP contribution >= 0.6 is 11.3 Å². The van der Waals surface area contributed by atoms with Crippen molar-refractivity contribution in [3.8, 4) is 10.6 Å². The molecule has 0 aromatic carbocycles. The molecule has 3 heterocycles. The van der Waals surface area contributed by atoms with Crippen LogP contribution in [0.15, 0.2) is 23.0 Å². The fraction of sp³-hybridized carbons (Fsp3) is 0.412. The largest absolute Gasteiger partial charge is 0.477 e. The average molecular weight is 332 g/mol. The van der Waals surface area contributed by atoms with Gasteiger partial charge in [0.25, 0.3) is 5.56 Å². The minimum Gasteiger partial charge on any atom is -0.477 e. The van der Waals surface area contributed by atoms with Crippen LogP contribution in [0, 0.1) is 0 Å². The number of carboxylic acids is 1. The Bertz CT molecular complexity index is 772. The predicted molar refractivity (Wildman–Crippen MR) is 92.8 cm³/mol. The van der Waals surface area contributed by atoms with Crippen molar-refractivity contribution in [2.75, 3.05) is 18.0 Å². The summed E-state index contributed by atoms with van der Waals surface area (Å²) in [5, 5.41) is 10.3. The quantitative estimate of drug-likeness (QED) is 0.900. The molecule has 0 aliphatic carbocycles. The van der Waals surface area contributed by atoms with Crippen LogP contribution in [-0.4, -0.2) is 29.1 Å². The highest BCUT2D eigenvalue weighted by molar-refractivity contribution is 7.19. The van der Waals surface area contributed by atoms with Crippen LogP contribution in [0.4, 0.5) is 5.00 Å². The van der Waals surface area contributed by atoms with E-state index in [1.54, 1.807) is 11.3 Å². The minimum atomic E-state index is -1.19. The van der Waals surface area contributed by atoms with Crippen LogP contribution in [0.25, 0.3) is 10.6 Å². The fourth-order valence-electron chi connectivity index (χ4n) is 2.98. The van der Waals surface area contributed by atoms with Gasteiger partial charge in [-0.15, -0.1) is 11.3 Å². The third-order valence-corrected chi connectivity index (χ3v) is 5.40. The molecule has 2 aromatic rings. The number of anilines is 1. The van der Waals surface area contributed by atoms with Crippen LogP contribution in [0.1, 0.15) is 42.1 Å². The van der Waals surface area contributed by atoms with Crippen molar-refractivity contribution in [3.63, 3.8) is 0 Å². The molecule has 5 nitrogen and oxygen atoms in total. The number of hydrogen-bond donors (Lipinski definition) is 2. The normalized spacial score (nSPS) is 14.9. The molecule has 1 aliphatic heterocycles. The molecule has 1 fully saturated rings. The number of carbonyl (C=O) groups is 1. The van der Waals surface area contributed by atoms with Crippen LogP contribution in [0.3, 0.4) is 0 Å². The zero-order chi connectivity index (χ0) is 16.4. The molecule has 1 aliphatic rings. The molecule has 0 spiro atoms. The second kappa shape index (κ2) is 6.58. The first-order valence-electron chi connectivity index (χ1n) is 7.94. The number of aromatic nitrogens is 1. The number of nitrogens with zero attached hydrogens (tertiary/aromatic N) is 1. The first kappa shape index (κ1) is 15.8. The number of aromatic amines is 1. The Morgan fingerprint density at radius 1 is 1.30 bits per heavy atom. The van der Waals surface area contributed by atoms with Crippen LogP contribution < -0.4 is 10.5 Å². The maximum absolute atomic E-state index is 12.0. The first-order chi connectivity index (χ1) is 11.1. The summed E-state index contributed by atoms with van der Waals surface area (Å²) in [6, 6.07) is 5.60. The van der Waals surface area contributed by atoms with E-state index in [-0.39, 0.29) is 5.56 Å². The lowest BCUT2D eigenvalue weighted by Gasteiger charge is -2.27. The third kappa shape index (κ3) is 3.17. The average Bonchev–Trinajstić information content (AvgIpc) is 3.05. The highest BCUT2D eigenvalue weighted by Gasteiger charge is 2.17. The van der Waals surface area contributed by atoms with Gasteiger partial charge in [-0.1, -0.05) is 6.92 Å². The number of aryl methyl sites for hydroxylation is 1. The number of nitrogens with one attached hydrogen (secondary N) is 1. The smallest absolute Gasteiger partial charge is 0.341 e. The van der Waals surface area contributed by atoms with Gasteiger partial charge in [-0.2, -0.15) is 0 Å². The molecule has 0 radical (unpaired) electrons. The zero-order valence-electron chi connectivity index (χ0n) is 13.1. The van der Waals surface area contributed by atoms with E-state index in [9.17, 15) is 9.59 Å². The van der Waals surface area contributed by atoms with Gasteiger partial charge in [0, 0.05) is 13.1 Å². The van der Waals surface area contributed by atoms with Crippen molar-refractivity contribution in [2.45, 2.75) is 32.6 Å². The SMILES string of the molecule is CCc1cc(C(=O)O)c(=O)[nH]c1-c1ccc(N2CCCCC2)s1. The Labute approximate surface area is 138 Å². The second-order valence-electron chi connectivity index (χ2n) is 5.76. The molecule has 0 atom stereocenters. The molecule has 0 amide bonds. The molecule has 3 rings (SSSR count). The zero-order valence-corrected chi connectivity index (χ0v) is 13.9. The van der Waals surface area contributed by atoms with Crippen molar-refractivity contribution in [1.29, 1.82) is 0 Å². The first-order valence-corrected chi connectivity index (χ1v) is 8.76. The topological polar surface area (TPSA) is 73.4 Å². The van der Waals surface area contributed by atoms with E-state index in [4.69, 9.17) is 5.11 Å². The van der Waals surface area contributed by atoms with Gasteiger partial charge in [-0.3, -0.25) is 4.79 Å². The standard InChI is InChI=1S/C17H20N2O3S/c1-2-11-10-12(17(21)22)16(20)18-15(11)13-6-7-14(23-13)19-8-4-3-5-9-19/h6-7,10H,2-5,8-9H2,1H3,(H,18,20)(H,21,22). The number of carboxylic acid groups (broad SMARTS) is 1. The molecular weight excluding hydrogens is 312 g/mol. The Hall–Kier alpha value is -2.08. The van der Waals surface area contributed by atoms with Gasteiger partial charge >= 0.3 is 5.97 Å². The summed E-state index contributed by atoms with van der Waals surface area (Å²) in [7, 11) is 0. The lowest BCUT2D eigenvalue weighted by atomic mass is 10.1. The number of H-pyrrole nitrogens is 1. The highest BCUT2D eigenvalue weighted by Crippen LogP contribution is 2.35. The molecule has 1 saturated heterocycles. The monoisotopic (exact) mass is 332 g/mol. The maximum atomic E-state index is 12.0. The molecule has 6 heteroatoms. The Morgan fingerprint density at radius 3 is 2.70 bits per heavy atom. The molecule has 0 bridgehead atoms.